The summed E-state index contributed by atoms with van der Waals surface area (Å²) in [5.74, 6) is -3.80. The van der Waals surface area contributed by atoms with Gasteiger partial charge in [-0.25, -0.2) is 0 Å². The molecular formula is C22H26GdN5O6. The van der Waals surface area contributed by atoms with E-state index in [1.165, 1.54) is 0 Å². The van der Waals surface area contributed by atoms with Crippen molar-refractivity contribution in [2.24, 2.45) is 0 Å². The van der Waals surface area contributed by atoms with Gasteiger partial charge in [0.05, 0.1) is 29.3 Å². The summed E-state index contributed by atoms with van der Waals surface area (Å²) in [6.07, 6.45) is 3.20. The van der Waals surface area contributed by atoms with Crippen LogP contribution in [0.5, 0.6) is 0 Å². The second-order valence-corrected chi connectivity index (χ2v) is 7.46. The number of hydrogen-bond donors (Lipinski definition) is 0. The number of aliphatic carboxylic acids is 3. The molecule has 0 aliphatic rings. The molecule has 2 aromatic heterocycles. The van der Waals surface area contributed by atoms with Gasteiger partial charge in [0, 0.05) is 71.3 Å². The van der Waals surface area contributed by atoms with E-state index in [4.69, 9.17) is 0 Å². The molecule has 2 heterocycles. The molecule has 0 atom stereocenters. The average molecular weight is 614 g/mol. The zero-order chi connectivity index (χ0) is 24.1. The van der Waals surface area contributed by atoms with Crippen LogP contribution in [0.2, 0.25) is 0 Å². The van der Waals surface area contributed by atoms with Gasteiger partial charge in [-0.05, 0) is 24.3 Å². The summed E-state index contributed by atoms with van der Waals surface area (Å²) in [6, 6.07) is 10.6. The fourth-order valence-corrected chi connectivity index (χ4v) is 3.25. The number of hydrogen-bond acceptors (Lipinski definition) is 11. The standard InChI is InChI=1S/C22H29N5O6.Gd/c28-20(29)15-25(9-11-26(16-21(30)31)13-18-5-1-3-7-23-18)10-12-27(17-22(32)33)14-19-6-2-4-8-24-19;/h1-8H,9-17H2,(H,28,29)(H,30,31)(H,32,33);/q;+3/p-3. The van der Waals surface area contributed by atoms with E-state index in [9.17, 15) is 29.7 Å². The monoisotopic (exact) mass is 614 g/mol. The number of carboxylic acids is 3. The fraction of sp³-hybridized carbons (Fsp3) is 0.409. The Bertz CT molecular complexity index is 824. The van der Waals surface area contributed by atoms with Gasteiger partial charge in [-0.15, -0.1) is 0 Å². The molecule has 0 N–H and O–H groups in total. The number of carbonyl (C=O) groups is 3. The van der Waals surface area contributed by atoms with Gasteiger partial charge in [0.15, 0.2) is 0 Å². The van der Waals surface area contributed by atoms with Crippen molar-refractivity contribution in [3.63, 3.8) is 0 Å². The first kappa shape index (κ1) is 29.9. The predicted octanol–water partition coefficient (Wildman–Crippen LogP) is -3.67. The third kappa shape index (κ3) is 13.0. The minimum atomic E-state index is -1.29. The van der Waals surface area contributed by atoms with Crippen molar-refractivity contribution in [3.8, 4) is 0 Å². The van der Waals surface area contributed by atoms with Crippen molar-refractivity contribution in [2.45, 2.75) is 13.1 Å². The Balaban J connectivity index is 0.00000578. The number of nitrogens with zero attached hydrogens (tertiary/aromatic N) is 5. The molecule has 0 fully saturated rings. The second-order valence-electron chi connectivity index (χ2n) is 7.46. The Morgan fingerprint density at radius 3 is 1.29 bits per heavy atom. The van der Waals surface area contributed by atoms with Crippen LogP contribution in [0.3, 0.4) is 0 Å². The average Bonchev–Trinajstić information content (AvgIpc) is 2.75. The Hall–Kier alpha value is -2.09. The number of pyridine rings is 2. The van der Waals surface area contributed by atoms with Crippen LogP contribution in [-0.4, -0.2) is 88.4 Å². The molecule has 0 bridgehead atoms. The maximum atomic E-state index is 11.2. The van der Waals surface area contributed by atoms with Gasteiger partial charge in [-0.3, -0.25) is 24.7 Å². The Labute approximate surface area is 230 Å². The molecule has 2 rings (SSSR count). The summed E-state index contributed by atoms with van der Waals surface area (Å²) < 4.78 is 0. The first-order valence-corrected chi connectivity index (χ1v) is 10.4. The minimum Gasteiger partial charge on any atom is -0.549 e. The molecule has 11 nitrogen and oxygen atoms in total. The van der Waals surface area contributed by atoms with Gasteiger partial charge in [-0.1, -0.05) is 12.1 Å². The number of carboxylic acid groups (broad SMARTS) is 3. The Kier molecular flexibility index (Phi) is 14.6. The van der Waals surface area contributed by atoms with Crippen LogP contribution in [0, 0.1) is 39.9 Å². The van der Waals surface area contributed by atoms with Gasteiger partial charge in [-0.2, -0.15) is 0 Å². The summed E-state index contributed by atoms with van der Waals surface area (Å²) in [5, 5.41) is 33.5. The van der Waals surface area contributed by atoms with Gasteiger partial charge >= 0.3 is 39.9 Å². The molecule has 0 amide bonds. The second kappa shape index (κ2) is 16.5. The number of rotatable bonds is 16. The van der Waals surface area contributed by atoms with Crippen LogP contribution in [0.4, 0.5) is 0 Å². The van der Waals surface area contributed by atoms with Gasteiger partial charge in [0.25, 0.3) is 0 Å². The van der Waals surface area contributed by atoms with Gasteiger partial charge < -0.3 is 29.7 Å². The summed E-state index contributed by atoms with van der Waals surface area (Å²) >= 11 is 0. The SMILES string of the molecule is O=C([O-])CN(CCN(CC(=O)[O-])Cc1ccccn1)CCN(CC(=O)[O-])Cc1ccccn1.[Gd+3]. The van der Waals surface area contributed by atoms with E-state index in [2.05, 4.69) is 9.97 Å². The van der Waals surface area contributed by atoms with Crippen molar-refractivity contribution in [2.75, 3.05) is 45.8 Å². The topological polar surface area (TPSA) is 156 Å². The Morgan fingerprint density at radius 1 is 0.618 bits per heavy atom. The third-order valence-corrected chi connectivity index (χ3v) is 4.75. The number of aromatic nitrogens is 2. The first-order chi connectivity index (χ1) is 15.8. The van der Waals surface area contributed by atoms with Crippen molar-refractivity contribution >= 4 is 17.9 Å². The molecule has 12 heteroatoms. The van der Waals surface area contributed by atoms with Crippen LogP contribution in [0.15, 0.2) is 48.8 Å². The Morgan fingerprint density at radius 2 is 0.971 bits per heavy atom. The van der Waals surface area contributed by atoms with E-state index >= 15 is 0 Å². The van der Waals surface area contributed by atoms with Crippen LogP contribution in [-0.2, 0) is 27.5 Å². The normalized spacial score (nSPS) is 10.9. The van der Waals surface area contributed by atoms with Crippen LogP contribution < -0.4 is 15.3 Å². The molecular weight excluding hydrogens is 588 g/mol. The zero-order valence-corrected chi connectivity index (χ0v) is 20.8. The molecule has 0 saturated carbocycles. The smallest absolute Gasteiger partial charge is 0.549 e. The summed E-state index contributed by atoms with van der Waals surface area (Å²) in [6.45, 7) is 0.351. The fourth-order valence-electron chi connectivity index (χ4n) is 3.25. The molecule has 34 heavy (non-hydrogen) atoms. The molecule has 0 unspecified atom stereocenters. The molecule has 1 radical (unpaired) electrons. The van der Waals surface area contributed by atoms with E-state index < -0.39 is 17.9 Å². The first-order valence-electron chi connectivity index (χ1n) is 10.4. The molecule has 0 aromatic carbocycles. The van der Waals surface area contributed by atoms with Crippen LogP contribution >= 0.6 is 0 Å². The maximum absolute atomic E-state index is 11.2. The molecule has 0 aliphatic carbocycles. The molecule has 0 spiro atoms. The summed E-state index contributed by atoms with van der Waals surface area (Å²) in [4.78, 5) is 46.6. The molecule has 0 saturated heterocycles. The van der Waals surface area contributed by atoms with Crippen molar-refractivity contribution in [3.05, 3.63) is 60.2 Å². The van der Waals surface area contributed by atoms with Crippen molar-refractivity contribution in [1.82, 2.24) is 24.7 Å². The quantitative estimate of drug-likeness (QED) is 0.184. The van der Waals surface area contributed by atoms with Gasteiger partial charge in [0.2, 0.25) is 0 Å². The van der Waals surface area contributed by atoms with E-state index in [-0.39, 0.29) is 98.8 Å². The van der Waals surface area contributed by atoms with Crippen molar-refractivity contribution < 1.29 is 69.6 Å². The zero-order valence-electron chi connectivity index (χ0n) is 18.5. The summed E-state index contributed by atoms with van der Waals surface area (Å²) in [5.41, 5.74) is 1.33. The van der Waals surface area contributed by atoms with Crippen molar-refractivity contribution in [1.29, 1.82) is 0 Å². The van der Waals surface area contributed by atoms with Crippen LogP contribution in [0.1, 0.15) is 11.4 Å². The van der Waals surface area contributed by atoms with E-state index in [1.807, 2.05) is 0 Å². The molecule has 2 aromatic rings. The van der Waals surface area contributed by atoms with E-state index in [0.29, 0.717) is 11.4 Å². The van der Waals surface area contributed by atoms with Gasteiger partial charge in [0.1, 0.15) is 0 Å². The predicted molar refractivity (Wildman–Crippen MR) is 110 cm³/mol. The molecule has 183 valence electrons. The maximum Gasteiger partial charge on any atom is 3.00 e. The van der Waals surface area contributed by atoms with E-state index in [0.717, 1.165) is 0 Å². The number of carbonyl (C=O) groups excluding carboxylic acids is 3. The largest absolute Gasteiger partial charge is 3.00 e. The minimum absolute atomic E-state index is 0. The third-order valence-electron chi connectivity index (χ3n) is 4.75. The summed E-state index contributed by atoms with van der Waals surface area (Å²) in [7, 11) is 0. The van der Waals surface area contributed by atoms with Crippen LogP contribution in [0.25, 0.3) is 0 Å². The van der Waals surface area contributed by atoms with E-state index in [1.54, 1.807) is 63.5 Å². The molecule has 0 aliphatic heterocycles.